The van der Waals surface area contributed by atoms with Gasteiger partial charge in [-0.25, -0.2) is 4.63 Å². The van der Waals surface area contributed by atoms with Crippen LogP contribution in [0.3, 0.4) is 0 Å². The first-order chi connectivity index (χ1) is 10.3. The van der Waals surface area contributed by atoms with E-state index in [9.17, 15) is 0 Å². The van der Waals surface area contributed by atoms with E-state index in [2.05, 4.69) is 33.5 Å². The van der Waals surface area contributed by atoms with E-state index in [-0.39, 0.29) is 12.1 Å². The highest BCUT2D eigenvalue weighted by Gasteiger charge is 2.26. The van der Waals surface area contributed by atoms with Crippen LogP contribution < -0.4 is 5.32 Å². The van der Waals surface area contributed by atoms with Crippen LogP contribution in [0.2, 0.25) is 0 Å². The van der Waals surface area contributed by atoms with Crippen LogP contribution in [0.4, 0.5) is 0 Å². The molecular weight excluding hydrogens is 268 g/mol. The minimum atomic E-state index is 0.108. The Balaban J connectivity index is 1.66. The quantitative estimate of drug-likeness (QED) is 0.881. The molecule has 6 heteroatoms. The number of nitrogens with zero attached hydrogens (tertiary/aromatic N) is 3. The van der Waals surface area contributed by atoms with Crippen LogP contribution in [-0.4, -0.2) is 34.8 Å². The van der Waals surface area contributed by atoms with Gasteiger partial charge in [-0.3, -0.25) is 4.90 Å². The van der Waals surface area contributed by atoms with Gasteiger partial charge in [-0.2, -0.15) is 0 Å². The van der Waals surface area contributed by atoms with Gasteiger partial charge in [0.25, 0.3) is 0 Å². The van der Waals surface area contributed by atoms with Gasteiger partial charge >= 0.3 is 0 Å². The van der Waals surface area contributed by atoms with E-state index in [4.69, 9.17) is 9.05 Å². The molecule has 2 atom stereocenters. The molecule has 0 spiro atoms. The van der Waals surface area contributed by atoms with Gasteiger partial charge in [0, 0.05) is 6.54 Å². The molecule has 1 aliphatic heterocycles. The zero-order valence-corrected chi connectivity index (χ0v) is 12.6. The second-order valence-corrected chi connectivity index (χ2v) is 5.64. The molecule has 2 aromatic heterocycles. The molecule has 3 heterocycles. The number of hydrogen-bond acceptors (Lipinski definition) is 6. The second-order valence-electron chi connectivity index (χ2n) is 5.64. The van der Waals surface area contributed by atoms with E-state index in [1.165, 1.54) is 12.8 Å². The van der Waals surface area contributed by atoms with E-state index in [0.29, 0.717) is 0 Å². The molecule has 2 aromatic rings. The van der Waals surface area contributed by atoms with E-state index in [1.54, 1.807) is 6.26 Å². The van der Waals surface area contributed by atoms with Gasteiger partial charge in [-0.05, 0) is 51.9 Å². The average Bonchev–Trinajstić information content (AvgIpc) is 3.21. The Bertz CT molecular complexity index is 546. The second kappa shape index (κ2) is 6.41. The number of aryl methyl sites for hydroxylation is 1. The Morgan fingerprint density at radius 3 is 2.76 bits per heavy atom. The summed E-state index contributed by atoms with van der Waals surface area (Å²) in [5, 5.41) is 11.3. The minimum Gasteiger partial charge on any atom is -0.468 e. The molecule has 1 fully saturated rings. The number of nitrogens with one attached hydrogen (secondary N) is 1. The van der Waals surface area contributed by atoms with Crippen molar-refractivity contribution in [3.63, 3.8) is 0 Å². The van der Waals surface area contributed by atoms with E-state index >= 15 is 0 Å². The van der Waals surface area contributed by atoms with Crippen LogP contribution in [-0.2, 0) is 0 Å². The van der Waals surface area contributed by atoms with Crippen LogP contribution in [0.15, 0.2) is 27.4 Å². The predicted octanol–water partition coefficient (Wildman–Crippen LogP) is 2.46. The molecule has 0 aliphatic carbocycles. The lowest BCUT2D eigenvalue weighted by Crippen LogP contribution is -2.35. The van der Waals surface area contributed by atoms with Crippen molar-refractivity contribution < 1.29 is 9.05 Å². The summed E-state index contributed by atoms with van der Waals surface area (Å²) in [4.78, 5) is 2.48. The predicted molar refractivity (Wildman–Crippen MR) is 77.7 cm³/mol. The van der Waals surface area contributed by atoms with Crippen molar-refractivity contribution >= 4 is 0 Å². The fourth-order valence-electron chi connectivity index (χ4n) is 2.96. The summed E-state index contributed by atoms with van der Waals surface area (Å²) >= 11 is 0. The summed E-state index contributed by atoms with van der Waals surface area (Å²) in [5.41, 5.74) is 1.71. The van der Waals surface area contributed by atoms with Crippen molar-refractivity contribution in [3.05, 3.63) is 35.5 Å². The number of likely N-dealkylation sites (tertiary alicyclic amines) is 1. The molecule has 0 amide bonds. The first-order valence-corrected chi connectivity index (χ1v) is 7.55. The van der Waals surface area contributed by atoms with Crippen molar-refractivity contribution in [1.82, 2.24) is 20.5 Å². The first-order valence-electron chi connectivity index (χ1n) is 7.55. The summed E-state index contributed by atoms with van der Waals surface area (Å²) in [7, 11) is 0. The van der Waals surface area contributed by atoms with Crippen LogP contribution in [0.5, 0.6) is 0 Å². The molecule has 1 saturated heterocycles. The Morgan fingerprint density at radius 1 is 1.33 bits per heavy atom. The molecule has 3 rings (SSSR count). The number of hydrogen-bond donors (Lipinski definition) is 1. The molecular formula is C15H22N4O2. The SMILES string of the molecule is Cc1nonc1C(C)NCC(c1ccco1)N1CCCC1. The zero-order valence-electron chi connectivity index (χ0n) is 12.6. The summed E-state index contributed by atoms with van der Waals surface area (Å²) in [6, 6.07) is 4.38. The number of furan rings is 1. The first kappa shape index (κ1) is 14.3. The van der Waals surface area contributed by atoms with Crippen molar-refractivity contribution in [1.29, 1.82) is 0 Å². The Morgan fingerprint density at radius 2 is 2.14 bits per heavy atom. The van der Waals surface area contributed by atoms with Gasteiger partial charge in [-0.15, -0.1) is 0 Å². The lowest BCUT2D eigenvalue weighted by molar-refractivity contribution is 0.204. The Labute approximate surface area is 124 Å². The molecule has 0 bridgehead atoms. The molecule has 0 aromatic carbocycles. The molecule has 1 aliphatic rings. The molecule has 0 saturated carbocycles. The maximum atomic E-state index is 5.63. The van der Waals surface area contributed by atoms with Crippen LogP contribution in [0.1, 0.15) is 49.0 Å². The smallest absolute Gasteiger partial charge is 0.124 e. The summed E-state index contributed by atoms with van der Waals surface area (Å²) in [5.74, 6) is 1.02. The van der Waals surface area contributed by atoms with Crippen molar-refractivity contribution in [2.45, 2.75) is 38.8 Å². The van der Waals surface area contributed by atoms with Crippen LogP contribution in [0, 0.1) is 6.92 Å². The largest absolute Gasteiger partial charge is 0.468 e. The fourth-order valence-corrected chi connectivity index (χ4v) is 2.96. The van der Waals surface area contributed by atoms with E-state index < -0.39 is 0 Å². The van der Waals surface area contributed by atoms with Gasteiger partial charge in [0.1, 0.15) is 17.1 Å². The zero-order chi connectivity index (χ0) is 14.7. The maximum absolute atomic E-state index is 5.63. The van der Waals surface area contributed by atoms with Crippen molar-refractivity contribution in [3.8, 4) is 0 Å². The average molecular weight is 290 g/mol. The van der Waals surface area contributed by atoms with Gasteiger partial charge in [0.05, 0.1) is 18.3 Å². The van der Waals surface area contributed by atoms with Gasteiger partial charge in [-0.1, -0.05) is 10.3 Å². The van der Waals surface area contributed by atoms with Gasteiger partial charge < -0.3 is 9.73 Å². The van der Waals surface area contributed by atoms with E-state index in [1.807, 2.05) is 13.0 Å². The minimum absolute atomic E-state index is 0.108. The molecule has 1 N–H and O–H groups in total. The highest BCUT2D eigenvalue weighted by molar-refractivity contribution is 5.11. The standard InChI is InChI=1S/C15H22N4O2/c1-11(15-12(2)17-21-18-15)16-10-13(14-6-5-9-20-14)19-7-3-4-8-19/h5-6,9,11,13,16H,3-4,7-8,10H2,1-2H3. The normalized spacial score (nSPS) is 19.0. The van der Waals surface area contributed by atoms with Gasteiger partial charge in [0.15, 0.2) is 0 Å². The maximum Gasteiger partial charge on any atom is 0.124 e. The lowest BCUT2D eigenvalue weighted by Gasteiger charge is -2.27. The monoisotopic (exact) mass is 290 g/mol. The summed E-state index contributed by atoms with van der Waals surface area (Å²) in [6.45, 7) is 7.07. The fraction of sp³-hybridized carbons (Fsp3) is 0.600. The van der Waals surface area contributed by atoms with E-state index in [0.717, 1.165) is 36.8 Å². The highest BCUT2D eigenvalue weighted by atomic mass is 16.6. The van der Waals surface area contributed by atoms with Gasteiger partial charge in [0.2, 0.25) is 0 Å². The summed E-state index contributed by atoms with van der Waals surface area (Å²) < 4.78 is 10.4. The van der Waals surface area contributed by atoms with Crippen molar-refractivity contribution in [2.75, 3.05) is 19.6 Å². The summed E-state index contributed by atoms with van der Waals surface area (Å²) in [6.07, 6.45) is 4.27. The Kier molecular flexibility index (Phi) is 4.36. The number of aromatic nitrogens is 2. The van der Waals surface area contributed by atoms with Crippen LogP contribution in [0.25, 0.3) is 0 Å². The molecule has 21 heavy (non-hydrogen) atoms. The molecule has 0 radical (unpaired) electrons. The third kappa shape index (κ3) is 3.16. The van der Waals surface area contributed by atoms with Crippen molar-refractivity contribution in [2.24, 2.45) is 0 Å². The topological polar surface area (TPSA) is 67.3 Å². The molecule has 6 nitrogen and oxygen atoms in total. The third-order valence-electron chi connectivity index (χ3n) is 4.17. The molecule has 2 unspecified atom stereocenters. The highest BCUT2D eigenvalue weighted by Crippen LogP contribution is 2.25. The number of rotatable bonds is 6. The third-order valence-corrected chi connectivity index (χ3v) is 4.17. The molecule has 114 valence electrons. The Hall–Kier alpha value is -1.66. The van der Waals surface area contributed by atoms with Crippen LogP contribution >= 0.6 is 0 Å². The lowest BCUT2D eigenvalue weighted by atomic mass is 10.1.